The number of hydrogen-bond donors (Lipinski definition) is 1. The van der Waals surface area contributed by atoms with E-state index in [2.05, 4.69) is 10.3 Å². The summed E-state index contributed by atoms with van der Waals surface area (Å²) >= 11 is 2.64. The van der Waals surface area contributed by atoms with Gasteiger partial charge in [0.2, 0.25) is 0 Å². The SMILES string of the molecule is COc1ccc(CCNC(=O)c2ccc(Sc3nc(C)cs3)c([N+](=O)[O-])c2)c(OC)c1. The lowest BCUT2D eigenvalue weighted by molar-refractivity contribution is -0.387. The average Bonchev–Trinajstić information content (AvgIpc) is 3.18. The molecule has 2 aromatic carbocycles. The monoisotopic (exact) mass is 459 g/mol. The van der Waals surface area contributed by atoms with Crippen LogP contribution in [0.5, 0.6) is 11.5 Å². The van der Waals surface area contributed by atoms with E-state index in [-0.39, 0.29) is 17.2 Å². The molecule has 0 atom stereocenters. The van der Waals surface area contributed by atoms with Crippen molar-refractivity contribution in [2.45, 2.75) is 22.6 Å². The van der Waals surface area contributed by atoms with E-state index in [0.717, 1.165) is 11.3 Å². The fourth-order valence-electron chi connectivity index (χ4n) is 2.83. The average molecular weight is 460 g/mol. The number of aryl methyl sites for hydroxylation is 1. The summed E-state index contributed by atoms with van der Waals surface area (Å²) in [6.07, 6.45) is 0.540. The molecule has 1 N–H and O–H groups in total. The number of nitrogens with zero attached hydrogens (tertiary/aromatic N) is 2. The van der Waals surface area contributed by atoms with Gasteiger partial charge in [0.1, 0.15) is 11.5 Å². The van der Waals surface area contributed by atoms with Gasteiger partial charge in [-0.05, 0) is 37.1 Å². The van der Waals surface area contributed by atoms with Gasteiger partial charge in [0, 0.05) is 35.3 Å². The molecule has 0 saturated heterocycles. The first kappa shape index (κ1) is 22.6. The quantitative estimate of drug-likeness (QED) is 0.371. The number of nitrogens with one attached hydrogen (secondary N) is 1. The smallest absolute Gasteiger partial charge is 0.284 e. The molecule has 0 saturated carbocycles. The first-order chi connectivity index (χ1) is 14.9. The Morgan fingerprint density at radius 2 is 2.03 bits per heavy atom. The molecule has 31 heavy (non-hydrogen) atoms. The summed E-state index contributed by atoms with van der Waals surface area (Å²) in [7, 11) is 3.15. The van der Waals surface area contributed by atoms with Crippen molar-refractivity contribution in [2.75, 3.05) is 20.8 Å². The second-order valence-electron chi connectivity index (χ2n) is 6.48. The highest BCUT2D eigenvalue weighted by molar-refractivity contribution is 8.01. The van der Waals surface area contributed by atoms with Crippen LogP contribution in [0, 0.1) is 17.0 Å². The van der Waals surface area contributed by atoms with E-state index in [1.807, 2.05) is 24.4 Å². The van der Waals surface area contributed by atoms with Gasteiger partial charge in [-0.1, -0.05) is 17.8 Å². The summed E-state index contributed by atoms with van der Waals surface area (Å²) in [6.45, 7) is 2.22. The predicted octanol–water partition coefficient (Wildman–Crippen LogP) is 4.50. The summed E-state index contributed by atoms with van der Waals surface area (Å²) in [6, 6.07) is 9.94. The van der Waals surface area contributed by atoms with E-state index in [0.29, 0.717) is 33.7 Å². The molecule has 0 spiro atoms. The highest BCUT2D eigenvalue weighted by Gasteiger charge is 2.19. The maximum Gasteiger partial charge on any atom is 0.284 e. The predicted molar refractivity (Wildman–Crippen MR) is 120 cm³/mol. The van der Waals surface area contributed by atoms with Gasteiger partial charge in [-0.15, -0.1) is 11.3 Å². The van der Waals surface area contributed by atoms with E-state index in [1.54, 1.807) is 32.4 Å². The van der Waals surface area contributed by atoms with Crippen LogP contribution in [-0.2, 0) is 6.42 Å². The van der Waals surface area contributed by atoms with Gasteiger partial charge in [0.05, 0.1) is 24.0 Å². The van der Waals surface area contributed by atoms with E-state index >= 15 is 0 Å². The lowest BCUT2D eigenvalue weighted by Crippen LogP contribution is -2.25. The molecule has 0 fully saturated rings. The van der Waals surface area contributed by atoms with Crippen molar-refractivity contribution in [3.63, 3.8) is 0 Å². The number of methoxy groups -OCH3 is 2. The summed E-state index contributed by atoms with van der Waals surface area (Å²) < 4.78 is 11.3. The van der Waals surface area contributed by atoms with E-state index in [9.17, 15) is 14.9 Å². The maximum absolute atomic E-state index is 12.5. The summed E-state index contributed by atoms with van der Waals surface area (Å²) in [5, 5.41) is 16.2. The van der Waals surface area contributed by atoms with Crippen molar-refractivity contribution >= 4 is 34.7 Å². The molecular weight excluding hydrogens is 438 g/mol. The highest BCUT2D eigenvalue weighted by atomic mass is 32.2. The van der Waals surface area contributed by atoms with E-state index < -0.39 is 4.92 Å². The van der Waals surface area contributed by atoms with Crippen molar-refractivity contribution in [2.24, 2.45) is 0 Å². The minimum Gasteiger partial charge on any atom is -0.497 e. The van der Waals surface area contributed by atoms with E-state index in [4.69, 9.17) is 9.47 Å². The van der Waals surface area contributed by atoms with Gasteiger partial charge >= 0.3 is 0 Å². The van der Waals surface area contributed by atoms with E-state index in [1.165, 1.54) is 29.2 Å². The first-order valence-corrected chi connectivity index (χ1v) is 11.0. The van der Waals surface area contributed by atoms with Crippen molar-refractivity contribution in [3.8, 4) is 11.5 Å². The van der Waals surface area contributed by atoms with Crippen LogP contribution in [0.4, 0.5) is 5.69 Å². The Kier molecular flexibility index (Phi) is 7.48. The van der Waals surface area contributed by atoms with Crippen molar-refractivity contribution in [3.05, 3.63) is 68.7 Å². The number of rotatable bonds is 9. The fraction of sp³-hybridized carbons (Fsp3) is 0.238. The van der Waals surface area contributed by atoms with Gasteiger partial charge in [-0.2, -0.15) is 0 Å². The number of carbonyl (C=O) groups excluding carboxylic acids is 1. The Bertz CT molecular complexity index is 1100. The highest BCUT2D eigenvalue weighted by Crippen LogP contribution is 2.36. The van der Waals surface area contributed by atoms with Crippen LogP contribution in [0.3, 0.4) is 0 Å². The molecule has 3 aromatic rings. The minimum absolute atomic E-state index is 0.123. The fourth-order valence-corrected chi connectivity index (χ4v) is 4.71. The Morgan fingerprint density at radius 3 is 2.68 bits per heavy atom. The van der Waals surface area contributed by atoms with Crippen LogP contribution in [0.2, 0.25) is 0 Å². The molecule has 0 bridgehead atoms. The Balaban J connectivity index is 1.67. The topological polar surface area (TPSA) is 104 Å². The molecule has 10 heteroatoms. The number of nitro groups is 1. The molecule has 162 valence electrons. The normalized spacial score (nSPS) is 10.5. The number of thiazole rings is 1. The lowest BCUT2D eigenvalue weighted by Gasteiger charge is -2.11. The second-order valence-corrected chi connectivity index (χ2v) is 8.63. The zero-order valence-corrected chi connectivity index (χ0v) is 18.8. The second kappa shape index (κ2) is 10.3. The Labute approximate surface area is 187 Å². The molecule has 0 radical (unpaired) electrons. The van der Waals surface area contributed by atoms with Crippen LogP contribution in [-0.4, -0.2) is 36.6 Å². The van der Waals surface area contributed by atoms with Gasteiger partial charge in [-0.3, -0.25) is 14.9 Å². The third-order valence-corrected chi connectivity index (χ3v) is 6.51. The Hall–Kier alpha value is -3.11. The van der Waals surface area contributed by atoms with Crippen LogP contribution >= 0.6 is 23.1 Å². The van der Waals surface area contributed by atoms with Crippen LogP contribution < -0.4 is 14.8 Å². The van der Waals surface area contributed by atoms with Gasteiger partial charge in [-0.25, -0.2) is 4.98 Å². The first-order valence-electron chi connectivity index (χ1n) is 9.28. The van der Waals surface area contributed by atoms with Gasteiger partial charge < -0.3 is 14.8 Å². The molecule has 8 nitrogen and oxygen atoms in total. The molecule has 0 aliphatic heterocycles. The zero-order chi connectivity index (χ0) is 22.4. The van der Waals surface area contributed by atoms with Crippen LogP contribution in [0.25, 0.3) is 0 Å². The molecule has 0 unspecified atom stereocenters. The third-order valence-electron chi connectivity index (χ3n) is 4.39. The number of ether oxygens (including phenoxy) is 2. The Morgan fingerprint density at radius 1 is 1.23 bits per heavy atom. The van der Waals surface area contributed by atoms with Gasteiger partial charge in [0.25, 0.3) is 11.6 Å². The molecular formula is C21H21N3O5S2. The summed E-state index contributed by atoms with van der Waals surface area (Å²) in [4.78, 5) is 28.3. The number of aromatic nitrogens is 1. The zero-order valence-electron chi connectivity index (χ0n) is 17.2. The van der Waals surface area contributed by atoms with Gasteiger partial charge in [0.15, 0.2) is 4.34 Å². The number of benzene rings is 2. The number of amides is 1. The molecule has 0 aliphatic rings. The molecule has 1 aromatic heterocycles. The summed E-state index contributed by atoms with van der Waals surface area (Å²) in [5.41, 5.74) is 1.88. The lowest BCUT2D eigenvalue weighted by atomic mass is 10.1. The standard InChI is InChI=1S/C21H21N3O5S2/c1-13-12-30-21(23-13)31-19-7-5-15(10-17(19)24(26)27)20(25)22-9-8-14-4-6-16(28-2)11-18(14)29-3/h4-7,10-12H,8-9H2,1-3H3,(H,22,25). The van der Waals surface area contributed by atoms with Crippen molar-refractivity contribution in [1.82, 2.24) is 10.3 Å². The minimum atomic E-state index is -0.484. The number of carbonyl (C=O) groups is 1. The number of nitro benzene ring substituents is 1. The third kappa shape index (κ3) is 5.74. The van der Waals surface area contributed by atoms with Crippen molar-refractivity contribution in [1.29, 1.82) is 0 Å². The molecule has 1 amide bonds. The maximum atomic E-state index is 12.5. The number of hydrogen-bond acceptors (Lipinski definition) is 8. The summed E-state index contributed by atoms with van der Waals surface area (Å²) in [5.74, 6) is 0.975. The molecule has 3 rings (SSSR count). The largest absolute Gasteiger partial charge is 0.497 e. The molecule has 0 aliphatic carbocycles. The molecule has 1 heterocycles. The van der Waals surface area contributed by atoms with Crippen molar-refractivity contribution < 1.29 is 19.2 Å². The van der Waals surface area contributed by atoms with Crippen LogP contribution in [0.15, 0.2) is 51.0 Å². The van der Waals surface area contributed by atoms with Crippen LogP contribution in [0.1, 0.15) is 21.6 Å².